The summed E-state index contributed by atoms with van der Waals surface area (Å²) >= 11 is 0. The van der Waals surface area contributed by atoms with E-state index in [2.05, 4.69) is 26.0 Å². The van der Waals surface area contributed by atoms with Gasteiger partial charge in [-0.3, -0.25) is 18.6 Å². The van der Waals surface area contributed by atoms with Gasteiger partial charge in [0, 0.05) is 19.4 Å². The summed E-state index contributed by atoms with van der Waals surface area (Å²) in [5.41, 5.74) is 5.35. The Morgan fingerprint density at radius 3 is 1.33 bits per heavy atom. The highest BCUT2D eigenvalue weighted by Crippen LogP contribution is 2.43. The van der Waals surface area contributed by atoms with Gasteiger partial charge in [-0.1, -0.05) is 187 Å². The molecule has 0 spiro atoms. The maximum Gasteiger partial charge on any atom is 0.472 e. The number of allylic oxidation sites excluding steroid dienone is 2. The first-order valence-electron chi connectivity index (χ1n) is 22.7. The number of ether oxygens (including phenoxy) is 2. The molecule has 0 aliphatic carbocycles. The highest BCUT2D eigenvalue weighted by molar-refractivity contribution is 7.47. The molecule has 0 bridgehead atoms. The molecular formula is C44H86NO8P. The van der Waals surface area contributed by atoms with Gasteiger partial charge in [-0.2, -0.15) is 0 Å². The largest absolute Gasteiger partial charge is 0.472 e. The van der Waals surface area contributed by atoms with Crippen LogP contribution in [0.5, 0.6) is 0 Å². The van der Waals surface area contributed by atoms with Crippen LogP contribution in [0.25, 0.3) is 0 Å². The summed E-state index contributed by atoms with van der Waals surface area (Å²) in [5.74, 6) is -0.827. The predicted octanol–water partition coefficient (Wildman–Crippen LogP) is 13.0. The van der Waals surface area contributed by atoms with Crippen molar-refractivity contribution in [1.82, 2.24) is 0 Å². The van der Waals surface area contributed by atoms with Crippen LogP contribution in [0.1, 0.15) is 226 Å². The molecule has 0 aliphatic heterocycles. The monoisotopic (exact) mass is 788 g/mol. The Kier molecular flexibility index (Phi) is 40.4. The number of carbonyl (C=O) groups is 2. The lowest BCUT2D eigenvalue weighted by atomic mass is 10.0. The quantitative estimate of drug-likeness (QED) is 0.0268. The Labute approximate surface area is 332 Å². The first-order valence-corrected chi connectivity index (χ1v) is 24.2. The van der Waals surface area contributed by atoms with E-state index in [1.54, 1.807) is 0 Å². The highest BCUT2D eigenvalue weighted by atomic mass is 31.2. The molecule has 2 atom stereocenters. The topological polar surface area (TPSA) is 134 Å². The van der Waals surface area contributed by atoms with Crippen LogP contribution in [0.2, 0.25) is 0 Å². The molecule has 0 saturated carbocycles. The Balaban J connectivity index is 4.05. The number of nitrogens with two attached hydrogens (primary N) is 1. The van der Waals surface area contributed by atoms with E-state index in [-0.39, 0.29) is 38.6 Å². The molecule has 0 saturated heterocycles. The van der Waals surface area contributed by atoms with Crippen LogP contribution >= 0.6 is 7.82 Å². The van der Waals surface area contributed by atoms with E-state index in [0.717, 1.165) is 51.4 Å². The zero-order chi connectivity index (χ0) is 39.6. The minimum absolute atomic E-state index is 0.0548. The normalized spacial score (nSPS) is 13.3. The molecule has 3 N–H and O–H groups in total. The van der Waals surface area contributed by atoms with Gasteiger partial charge in [-0.25, -0.2) is 4.57 Å². The number of unbranched alkanes of at least 4 members (excludes halogenated alkanes) is 28. The molecule has 0 aromatic rings. The molecule has 0 amide bonds. The molecule has 320 valence electrons. The molecule has 0 heterocycles. The molecule has 0 aliphatic rings. The fourth-order valence-corrected chi connectivity index (χ4v) is 7.28. The van der Waals surface area contributed by atoms with E-state index in [4.69, 9.17) is 24.3 Å². The third-order valence-electron chi connectivity index (χ3n) is 9.90. The molecule has 0 radical (unpaired) electrons. The molecule has 0 rings (SSSR count). The molecule has 0 aromatic carbocycles. The molecule has 9 nitrogen and oxygen atoms in total. The van der Waals surface area contributed by atoms with Crippen LogP contribution in [-0.2, 0) is 32.7 Å². The number of phosphoric acid groups is 1. The lowest BCUT2D eigenvalue weighted by Crippen LogP contribution is -2.29. The van der Waals surface area contributed by atoms with Crippen LogP contribution in [0.15, 0.2) is 12.2 Å². The number of hydrogen-bond donors (Lipinski definition) is 2. The van der Waals surface area contributed by atoms with Gasteiger partial charge in [0.1, 0.15) is 6.61 Å². The van der Waals surface area contributed by atoms with Gasteiger partial charge in [0.25, 0.3) is 0 Å². The summed E-state index contributed by atoms with van der Waals surface area (Å²) in [6.07, 6.45) is 42.4. The number of phosphoric ester groups is 1. The van der Waals surface area contributed by atoms with Crippen LogP contribution in [-0.4, -0.2) is 49.3 Å². The second-order valence-electron chi connectivity index (χ2n) is 15.3. The second kappa shape index (κ2) is 41.4. The van der Waals surface area contributed by atoms with Gasteiger partial charge in [-0.15, -0.1) is 0 Å². The van der Waals surface area contributed by atoms with Crippen molar-refractivity contribution < 1.29 is 37.6 Å². The van der Waals surface area contributed by atoms with Crippen molar-refractivity contribution in [2.45, 2.75) is 232 Å². The number of carbonyl (C=O) groups excluding carboxylic acids is 2. The van der Waals surface area contributed by atoms with E-state index >= 15 is 0 Å². The molecule has 0 fully saturated rings. The van der Waals surface area contributed by atoms with Gasteiger partial charge in [0.05, 0.1) is 13.2 Å². The average molecular weight is 788 g/mol. The molecule has 1 unspecified atom stereocenters. The zero-order valence-corrected chi connectivity index (χ0v) is 36.1. The number of hydrogen-bond acceptors (Lipinski definition) is 8. The number of esters is 2. The lowest BCUT2D eigenvalue weighted by molar-refractivity contribution is -0.161. The summed E-state index contributed by atoms with van der Waals surface area (Å²) in [5, 5.41) is 0. The Morgan fingerprint density at radius 1 is 0.537 bits per heavy atom. The molecule has 0 aromatic heterocycles. The van der Waals surface area contributed by atoms with Gasteiger partial charge in [-0.05, 0) is 38.5 Å². The molecule has 54 heavy (non-hydrogen) atoms. The van der Waals surface area contributed by atoms with Gasteiger partial charge in [0.2, 0.25) is 0 Å². The minimum atomic E-state index is -4.37. The van der Waals surface area contributed by atoms with Crippen molar-refractivity contribution in [3.05, 3.63) is 12.2 Å². The summed E-state index contributed by atoms with van der Waals surface area (Å²) in [6, 6.07) is 0. The summed E-state index contributed by atoms with van der Waals surface area (Å²) < 4.78 is 32.8. The van der Waals surface area contributed by atoms with Crippen LogP contribution in [0.4, 0.5) is 0 Å². The Hall–Kier alpha value is -1.25. The standard InChI is InChI=1S/C44H86NO8P/c1-3-5-7-9-11-13-15-17-18-19-20-21-22-23-25-26-28-30-32-34-36-43(46)50-40-42(41-52-54(48,49)51-39-38-45)53-44(47)37-35-33-31-29-27-24-16-14-12-10-8-6-4-2/h14,16,42H,3-13,15,17-41,45H2,1-2H3,(H,48,49)/b16-14+/t42-/m1/s1. The third kappa shape index (κ3) is 40.4. The summed E-state index contributed by atoms with van der Waals surface area (Å²) in [7, 11) is -4.37. The average Bonchev–Trinajstić information content (AvgIpc) is 3.16. The fraction of sp³-hybridized carbons (Fsp3) is 0.909. The minimum Gasteiger partial charge on any atom is -0.462 e. The third-order valence-corrected chi connectivity index (χ3v) is 10.9. The molecular weight excluding hydrogens is 701 g/mol. The van der Waals surface area contributed by atoms with Crippen molar-refractivity contribution in [3.8, 4) is 0 Å². The van der Waals surface area contributed by atoms with Crippen molar-refractivity contribution >= 4 is 19.8 Å². The van der Waals surface area contributed by atoms with E-state index in [1.165, 1.54) is 141 Å². The van der Waals surface area contributed by atoms with Gasteiger partial charge >= 0.3 is 19.8 Å². The smallest absolute Gasteiger partial charge is 0.462 e. The summed E-state index contributed by atoms with van der Waals surface area (Å²) in [6.45, 7) is 3.74. The fourth-order valence-electron chi connectivity index (χ4n) is 6.51. The Morgan fingerprint density at radius 2 is 0.907 bits per heavy atom. The predicted molar refractivity (Wildman–Crippen MR) is 224 cm³/mol. The van der Waals surface area contributed by atoms with Gasteiger partial charge in [0.15, 0.2) is 6.10 Å². The first-order chi connectivity index (χ1) is 26.3. The first kappa shape index (κ1) is 52.8. The maximum absolute atomic E-state index is 12.6. The highest BCUT2D eigenvalue weighted by Gasteiger charge is 2.26. The Bertz CT molecular complexity index is 902. The molecule has 10 heteroatoms. The van der Waals surface area contributed by atoms with Crippen LogP contribution < -0.4 is 5.73 Å². The maximum atomic E-state index is 12.6. The zero-order valence-electron chi connectivity index (χ0n) is 35.2. The number of rotatable bonds is 43. The summed E-state index contributed by atoms with van der Waals surface area (Å²) in [4.78, 5) is 34.9. The van der Waals surface area contributed by atoms with E-state index < -0.39 is 26.5 Å². The van der Waals surface area contributed by atoms with E-state index in [0.29, 0.717) is 6.42 Å². The van der Waals surface area contributed by atoms with E-state index in [9.17, 15) is 19.0 Å². The van der Waals surface area contributed by atoms with Crippen molar-refractivity contribution in [3.63, 3.8) is 0 Å². The van der Waals surface area contributed by atoms with Gasteiger partial charge < -0.3 is 20.1 Å². The van der Waals surface area contributed by atoms with E-state index in [1.807, 2.05) is 0 Å². The van der Waals surface area contributed by atoms with Crippen molar-refractivity contribution in [2.24, 2.45) is 5.73 Å². The van der Waals surface area contributed by atoms with Crippen LogP contribution in [0.3, 0.4) is 0 Å². The second-order valence-corrected chi connectivity index (χ2v) is 16.7. The SMILES string of the molecule is CCCCCC/C=C/CCCCCCCC(=O)O[C@H](COC(=O)CCCCCCCCCCCCCCCCCCCCCC)COP(=O)(O)OCCN. The van der Waals surface area contributed by atoms with Crippen molar-refractivity contribution in [2.75, 3.05) is 26.4 Å². The van der Waals surface area contributed by atoms with Crippen LogP contribution in [0, 0.1) is 0 Å². The lowest BCUT2D eigenvalue weighted by Gasteiger charge is -2.19. The van der Waals surface area contributed by atoms with Crippen molar-refractivity contribution in [1.29, 1.82) is 0 Å².